The molecule has 0 aromatic carbocycles. The lowest BCUT2D eigenvalue weighted by Crippen LogP contribution is -2.29. The van der Waals surface area contributed by atoms with E-state index in [1.54, 1.807) is 0 Å². The van der Waals surface area contributed by atoms with Crippen molar-refractivity contribution in [2.75, 3.05) is 6.16 Å². The quantitative estimate of drug-likeness (QED) is 0.511. The minimum absolute atomic E-state index is 1.18. The molecule has 0 radical (unpaired) electrons. The molecule has 0 atom stereocenters. The van der Waals surface area contributed by atoms with E-state index in [-0.39, 0.29) is 0 Å². The number of Topliss-reactive ketones (excluding diaryl/α,β-unsaturated/α-hetero) is 1. The zero-order valence-electron chi connectivity index (χ0n) is 7.08. The first-order valence-corrected chi connectivity index (χ1v) is 6.80. The van der Waals surface area contributed by atoms with Crippen LogP contribution in [0.4, 0.5) is 8.78 Å². The van der Waals surface area contributed by atoms with Crippen molar-refractivity contribution in [3.05, 3.63) is 0 Å². The molecule has 0 bridgehead atoms. The maximum atomic E-state index is 12.5. The van der Waals surface area contributed by atoms with Gasteiger partial charge in [0, 0.05) is 6.42 Å². The highest BCUT2D eigenvalue weighted by atomic mass is 31.2. The molecule has 0 aromatic rings. The molecular weight excluding hydrogens is 260 g/mol. The normalized spacial score (nSPS) is 14.0. The molecule has 0 saturated carbocycles. The van der Waals surface area contributed by atoms with Crippen molar-refractivity contribution in [3.63, 3.8) is 0 Å². The van der Waals surface area contributed by atoms with E-state index in [9.17, 15) is 22.7 Å². The largest absolute Gasteiger partial charge is 0.402 e. The van der Waals surface area contributed by atoms with Gasteiger partial charge >= 0.3 is 20.9 Å². The fraction of sp³-hybridized carbons (Fsp3) is 0.750. The summed E-state index contributed by atoms with van der Waals surface area (Å²) < 4.78 is 45.4. The average molecular weight is 268 g/mol. The third-order valence-corrected chi connectivity index (χ3v) is 3.12. The summed E-state index contributed by atoms with van der Waals surface area (Å²) in [6.07, 6.45) is -2.48. The molecule has 7 nitrogen and oxygen atoms in total. The Balaban J connectivity index is 4.61. The van der Waals surface area contributed by atoms with Crippen molar-refractivity contribution < 1.29 is 42.3 Å². The number of hydrogen-bond acceptors (Lipinski definition) is 3. The van der Waals surface area contributed by atoms with E-state index in [0.717, 1.165) is 0 Å². The summed E-state index contributed by atoms with van der Waals surface area (Å²) in [5.74, 6) is -2.20. The molecule has 0 saturated heterocycles. The number of carbonyl (C=O) groups excluding carboxylic acids is 1. The number of carbonyl (C=O) groups is 1. The van der Waals surface area contributed by atoms with Gasteiger partial charge in [0.25, 0.3) is 0 Å². The Morgan fingerprint density at radius 2 is 1.53 bits per heavy atom. The van der Waals surface area contributed by atoms with Gasteiger partial charge in [0.2, 0.25) is 5.78 Å². The highest BCUT2D eigenvalue weighted by Gasteiger charge is 2.55. The predicted molar refractivity (Wildman–Crippen MR) is 43.5 cm³/mol. The fourth-order valence-electron chi connectivity index (χ4n) is 0.560. The van der Waals surface area contributed by atoms with Crippen LogP contribution in [0.3, 0.4) is 0 Å². The summed E-state index contributed by atoms with van der Waals surface area (Å²) in [5.41, 5.74) is -4.90. The van der Waals surface area contributed by atoms with E-state index in [1.807, 2.05) is 0 Å². The Morgan fingerprint density at radius 3 is 1.80 bits per heavy atom. The van der Waals surface area contributed by atoms with Crippen LogP contribution in [-0.4, -0.2) is 37.2 Å². The van der Waals surface area contributed by atoms with Gasteiger partial charge in [-0.15, -0.1) is 0 Å². The Hall–Kier alpha value is -0.170. The van der Waals surface area contributed by atoms with Crippen LogP contribution < -0.4 is 0 Å². The van der Waals surface area contributed by atoms with E-state index in [1.165, 1.54) is 0 Å². The minimum atomic E-state index is -5.94. The average Bonchev–Trinajstić information content (AvgIpc) is 1.96. The number of alkyl halides is 2. The standard InChI is InChI=1S/C4H8F2O7P2/c5-4(6,15(11,12)13)3(7)1-2-14(8,9)10/h1-2H2,(H2,8,9,10)(H2,11,12,13). The van der Waals surface area contributed by atoms with Gasteiger partial charge in [-0.2, -0.15) is 8.78 Å². The van der Waals surface area contributed by atoms with Gasteiger partial charge in [0.05, 0.1) is 6.16 Å². The second-order valence-electron chi connectivity index (χ2n) is 2.65. The first-order chi connectivity index (χ1) is 6.38. The highest BCUT2D eigenvalue weighted by molar-refractivity contribution is 7.54. The molecule has 0 heterocycles. The van der Waals surface area contributed by atoms with Crippen LogP contribution in [0.1, 0.15) is 6.42 Å². The topological polar surface area (TPSA) is 132 Å². The first kappa shape index (κ1) is 14.8. The van der Waals surface area contributed by atoms with Crippen LogP contribution in [0.25, 0.3) is 0 Å². The van der Waals surface area contributed by atoms with Gasteiger partial charge in [-0.1, -0.05) is 0 Å². The van der Waals surface area contributed by atoms with Crippen LogP contribution in [0, 0.1) is 0 Å². The third kappa shape index (κ3) is 4.46. The molecule has 0 aliphatic rings. The minimum Gasteiger partial charge on any atom is -0.324 e. The summed E-state index contributed by atoms with van der Waals surface area (Å²) in [6, 6.07) is 0. The molecule has 0 aromatic heterocycles. The molecule has 90 valence electrons. The number of hydrogen-bond donors (Lipinski definition) is 4. The number of halogens is 2. The molecule has 0 aliphatic carbocycles. The monoisotopic (exact) mass is 268 g/mol. The zero-order valence-corrected chi connectivity index (χ0v) is 8.87. The Morgan fingerprint density at radius 1 is 1.13 bits per heavy atom. The molecule has 0 amide bonds. The molecule has 0 unspecified atom stereocenters. The van der Waals surface area contributed by atoms with Crippen LogP contribution in [0.5, 0.6) is 0 Å². The lowest BCUT2D eigenvalue weighted by Gasteiger charge is -2.15. The smallest absolute Gasteiger partial charge is 0.324 e. The Labute approximate surface area is 82.4 Å². The van der Waals surface area contributed by atoms with Gasteiger partial charge in [0.15, 0.2) is 0 Å². The zero-order chi connectivity index (χ0) is 12.5. The maximum Gasteiger partial charge on any atom is 0.402 e. The van der Waals surface area contributed by atoms with E-state index in [0.29, 0.717) is 0 Å². The van der Waals surface area contributed by atoms with E-state index >= 15 is 0 Å². The third-order valence-electron chi connectivity index (χ3n) is 1.33. The second kappa shape index (κ2) is 4.37. The van der Waals surface area contributed by atoms with Crippen molar-refractivity contribution in [3.8, 4) is 0 Å². The Kier molecular flexibility index (Phi) is 4.32. The second-order valence-corrected chi connectivity index (χ2v) is 6.07. The molecule has 0 aliphatic heterocycles. The van der Waals surface area contributed by atoms with Crippen molar-refractivity contribution in [2.45, 2.75) is 12.1 Å². The van der Waals surface area contributed by atoms with Gasteiger partial charge in [-0.05, 0) is 0 Å². The van der Waals surface area contributed by atoms with Crippen molar-refractivity contribution in [1.82, 2.24) is 0 Å². The van der Waals surface area contributed by atoms with Crippen LogP contribution in [-0.2, 0) is 13.9 Å². The van der Waals surface area contributed by atoms with Crippen LogP contribution in [0.2, 0.25) is 0 Å². The molecular formula is C4H8F2O7P2. The van der Waals surface area contributed by atoms with Gasteiger partial charge in [-0.3, -0.25) is 13.9 Å². The van der Waals surface area contributed by atoms with Crippen LogP contribution >= 0.6 is 15.2 Å². The molecule has 0 rings (SSSR count). The molecule has 0 spiro atoms. The van der Waals surface area contributed by atoms with Crippen molar-refractivity contribution in [2.24, 2.45) is 0 Å². The molecule has 15 heavy (non-hydrogen) atoms. The van der Waals surface area contributed by atoms with E-state index in [2.05, 4.69) is 0 Å². The summed E-state index contributed by atoms with van der Waals surface area (Å²) >= 11 is 0. The Bertz CT molecular complexity index is 341. The van der Waals surface area contributed by atoms with Crippen molar-refractivity contribution >= 4 is 21.0 Å². The lowest BCUT2D eigenvalue weighted by molar-refractivity contribution is -0.134. The summed E-state index contributed by atoms with van der Waals surface area (Å²) in [4.78, 5) is 43.3. The molecule has 11 heteroatoms. The summed E-state index contributed by atoms with van der Waals surface area (Å²) in [7, 11) is -10.6. The molecule has 0 fully saturated rings. The SMILES string of the molecule is O=C(CCP(=O)(O)O)C(F)(F)P(=O)(O)O. The van der Waals surface area contributed by atoms with Crippen molar-refractivity contribution in [1.29, 1.82) is 0 Å². The summed E-state index contributed by atoms with van der Waals surface area (Å²) in [5, 5.41) is 0. The summed E-state index contributed by atoms with van der Waals surface area (Å²) in [6.45, 7) is 0. The lowest BCUT2D eigenvalue weighted by atomic mass is 10.3. The van der Waals surface area contributed by atoms with E-state index < -0.39 is 39.2 Å². The first-order valence-electron chi connectivity index (χ1n) is 3.39. The molecule has 4 N–H and O–H groups in total. The number of rotatable bonds is 5. The predicted octanol–water partition coefficient (Wildman–Crippen LogP) is -0.106. The van der Waals surface area contributed by atoms with Crippen LogP contribution in [0.15, 0.2) is 0 Å². The number of ketones is 1. The fourth-order valence-corrected chi connectivity index (χ4v) is 1.49. The van der Waals surface area contributed by atoms with Gasteiger partial charge < -0.3 is 19.6 Å². The van der Waals surface area contributed by atoms with E-state index in [4.69, 9.17) is 19.6 Å². The van der Waals surface area contributed by atoms with Gasteiger partial charge in [0.1, 0.15) is 0 Å². The maximum absolute atomic E-state index is 12.5. The van der Waals surface area contributed by atoms with Gasteiger partial charge in [-0.25, -0.2) is 0 Å². The highest BCUT2D eigenvalue weighted by Crippen LogP contribution is 2.54.